The van der Waals surface area contributed by atoms with Gasteiger partial charge < -0.3 is 10.5 Å². The zero-order valence-electron chi connectivity index (χ0n) is 10.3. The number of hydrogen-bond acceptors (Lipinski definition) is 3. The molecule has 3 nitrogen and oxygen atoms in total. The van der Waals surface area contributed by atoms with Gasteiger partial charge >= 0.3 is 5.97 Å². The quantitative estimate of drug-likeness (QED) is 0.744. The first-order chi connectivity index (χ1) is 7.65. The van der Waals surface area contributed by atoms with E-state index in [0.717, 1.165) is 19.4 Å². The van der Waals surface area contributed by atoms with Crippen LogP contribution in [0.15, 0.2) is 0 Å². The molecule has 0 aliphatic heterocycles. The summed E-state index contributed by atoms with van der Waals surface area (Å²) in [6, 6.07) is 0. The van der Waals surface area contributed by atoms with Crippen LogP contribution in [-0.4, -0.2) is 18.6 Å². The van der Waals surface area contributed by atoms with Gasteiger partial charge in [-0.25, -0.2) is 0 Å². The van der Waals surface area contributed by atoms with E-state index < -0.39 is 0 Å². The number of esters is 1. The fourth-order valence-electron chi connectivity index (χ4n) is 3.21. The summed E-state index contributed by atoms with van der Waals surface area (Å²) < 4.78 is 5.61. The first-order valence-corrected chi connectivity index (χ1v) is 6.56. The number of rotatable bonds is 4. The van der Waals surface area contributed by atoms with Crippen LogP contribution in [0, 0.1) is 23.7 Å². The van der Waals surface area contributed by atoms with E-state index >= 15 is 0 Å². The molecule has 0 amide bonds. The molecule has 2 N–H and O–H groups in total. The Balaban J connectivity index is 1.84. The second-order valence-electron chi connectivity index (χ2n) is 5.51. The summed E-state index contributed by atoms with van der Waals surface area (Å²) in [5.41, 5.74) is 5.73. The zero-order valence-corrected chi connectivity index (χ0v) is 10.3. The second kappa shape index (κ2) is 4.74. The summed E-state index contributed by atoms with van der Waals surface area (Å²) >= 11 is 0. The van der Waals surface area contributed by atoms with Crippen molar-refractivity contribution in [3.05, 3.63) is 0 Å². The molecule has 2 rings (SSSR count). The summed E-state index contributed by atoms with van der Waals surface area (Å²) in [5, 5.41) is 0. The van der Waals surface area contributed by atoms with Gasteiger partial charge in [0.1, 0.15) is 6.10 Å². The highest BCUT2D eigenvalue weighted by atomic mass is 16.5. The minimum atomic E-state index is -0.00986. The molecule has 2 fully saturated rings. The highest BCUT2D eigenvalue weighted by Crippen LogP contribution is 2.49. The molecule has 2 aliphatic rings. The molecule has 5 atom stereocenters. The third kappa shape index (κ3) is 2.10. The van der Waals surface area contributed by atoms with Crippen LogP contribution in [0.2, 0.25) is 0 Å². The summed E-state index contributed by atoms with van der Waals surface area (Å²) in [4.78, 5) is 11.7. The fraction of sp³-hybridized carbons (Fsp3) is 0.923. The molecule has 2 bridgehead atoms. The van der Waals surface area contributed by atoms with Gasteiger partial charge in [0.15, 0.2) is 0 Å². The van der Waals surface area contributed by atoms with Crippen LogP contribution in [0.3, 0.4) is 0 Å². The molecule has 16 heavy (non-hydrogen) atoms. The normalized spacial score (nSPS) is 38.7. The predicted molar refractivity (Wildman–Crippen MR) is 62.7 cm³/mol. The van der Waals surface area contributed by atoms with Gasteiger partial charge in [0.05, 0.1) is 5.92 Å². The Morgan fingerprint density at radius 3 is 2.62 bits per heavy atom. The molecule has 5 unspecified atom stereocenters. The molecular weight excluding hydrogens is 202 g/mol. The molecule has 0 spiro atoms. The Morgan fingerprint density at radius 1 is 1.38 bits per heavy atom. The molecule has 0 saturated heterocycles. The number of nitrogens with two attached hydrogens (primary N) is 1. The summed E-state index contributed by atoms with van der Waals surface area (Å²) in [5.74, 6) is 2.02. The maximum atomic E-state index is 11.7. The lowest BCUT2D eigenvalue weighted by Crippen LogP contribution is -2.31. The van der Waals surface area contributed by atoms with Gasteiger partial charge in [-0.2, -0.15) is 0 Å². The van der Waals surface area contributed by atoms with Crippen molar-refractivity contribution in [1.82, 2.24) is 0 Å². The van der Waals surface area contributed by atoms with E-state index in [2.05, 4.69) is 0 Å². The number of fused-ring (bicyclic) bond motifs is 2. The lowest BCUT2D eigenvalue weighted by molar-refractivity contribution is -0.156. The lowest BCUT2D eigenvalue weighted by atomic mass is 9.87. The third-order valence-electron chi connectivity index (χ3n) is 4.52. The maximum absolute atomic E-state index is 11.7. The molecule has 2 saturated carbocycles. The smallest absolute Gasteiger partial charge is 0.308 e. The molecule has 0 radical (unpaired) electrons. The first kappa shape index (κ1) is 11.9. The van der Waals surface area contributed by atoms with Crippen molar-refractivity contribution in [2.24, 2.45) is 29.4 Å². The summed E-state index contributed by atoms with van der Waals surface area (Å²) in [7, 11) is 0. The van der Waals surface area contributed by atoms with Gasteiger partial charge in [0, 0.05) is 0 Å². The van der Waals surface area contributed by atoms with Crippen molar-refractivity contribution in [3.8, 4) is 0 Å². The minimum absolute atomic E-state index is 0.00986. The molecule has 92 valence electrons. The Kier molecular flexibility index (Phi) is 3.53. The highest BCUT2D eigenvalue weighted by Gasteiger charge is 2.47. The van der Waals surface area contributed by atoms with Crippen molar-refractivity contribution in [3.63, 3.8) is 0 Å². The van der Waals surface area contributed by atoms with E-state index in [0.29, 0.717) is 17.8 Å². The Morgan fingerprint density at radius 2 is 2.12 bits per heavy atom. The zero-order chi connectivity index (χ0) is 11.7. The number of hydrogen-bond donors (Lipinski definition) is 1. The van der Waals surface area contributed by atoms with Crippen LogP contribution in [0.25, 0.3) is 0 Å². The van der Waals surface area contributed by atoms with Crippen LogP contribution in [0.4, 0.5) is 0 Å². The van der Waals surface area contributed by atoms with Gasteiger partial charge in [0.2, 0.25) is 0 Å². The van der Waals surface area contributed by atoms with Crippen molar-refractivity contribution < 1.29 is 9.53 Å². The van der Waals surface area contributed by atoms with Crippen molar-refractivity contribution in [2.75, 3.05) is 6.54 Å². The van der Waals surface area contributed by atoms with Crippen molar-refractivity contribution in [1.29, 1.82) is 0 Å². The number of ether oxygens (including phenoxy) is 1. The van der Waals surface area contributed by atoms with Gasteiger partial charge in [-0.1, -0.05) is 13.8 Å². The molecule has 0 aromatic heterocycles. The Bertz CT molecular complexity index is 267. The van der Waals surface area contributed by atoms with E-state index in [1.54, 1.807) is 0 Å². The van der Waals surface area contributed by atoms with E-state index in [9.17, 15) is 4.79 Å². The fourth-order valence-corrected chi connectivity index (χ4v) is 3.21. The van der Waals surface area contributed by atoms with E-state index in [4.69, 9.17) is 10.5 Å². The van der Waals surface area contributed by atoms with Gasteiger partial charge in [-0.15, -0.1) is 0 Å². The summed E-state index contributed by atoms with van der Waals surface area (Å²) in [6.45, 7) is 4.77. The average Bonchev–Trinajstić information content (AvgIpc) is 2.86. The second-order valence-corrected chi connectivity index (χ2v) is 5.51. The van der Waals surface area contributed by atoms with Crippen LogP contribution < -0.4 is 5.73 Å². The maximum Gasteiger partial charge on any atom is 0.308 e. The topological polar surface area (TPSA) is 52.3 Å². The van der Waals surface area contributed by atoms with Crippen LogP contribution in [-0.2, 0) is 9.53 Å². The lowest BCUT2D eigenvalue weighted by Gasteiger charge is -2.27. The first-order valence-electron chi connectivity index (χ1n) is 6.56. The van der Waals surface area contributed by atoms with E-state index in [1.807, 2.05) is 13.8 Å². The van der Waals surface area contributed by atoms with Crippen LogP contribution >= 0.6 is 0 Å². The molecule has 2 aliphatic carbocycles. The average molecular weight is 225 g/mol. The van der Waals surface area contributed by atoms with Gasteiger partial charge in [-0.3, -0.25) is 4.79 Å². The SMILES string of the molecule is CCC(C)C(=O)OC1CC2CC1CC2CN. The molecule has 0 heterocycles. The largest absolute Gasteiger partial charge is 0.462 e. The highest BCUT2D eigenvalue weighted by molar-refractivity contribution is 5.72. The molecule has 0 aromatic rings. The predicted octanol–water partition coefficient (Wildman–Crippen LogP) is 1.95. The molecular formula is C13H23NO2. The van der Waals surface area contributed by atoms with Crippen molar-refractivity contribution >= 4 is 5.97 Å². The number of carbonyl (C=O) groups is 1. The molecule has 3 heteroatoms. The third-order valence-corrected chi connectivity index (χ3v) is 4.52. The van der Waals surface area contributed by atoms with E-state index in [1.165, 1.54) is 12.8 Å². The monoisotopic (exact) mass is 225 g/mol. The van der Waals surface area contributed by atoms with Crippen LogP contribution in [0.1, 0.15) is 39.5 Å². The molecule has 0 aromatic carbocycles. The minimum Gasteiger partial charge on any atom is -0.462 e. The van der Waals surface area contributed by atoms with Gasteiger partial charge in [0.25, 0.3) is 0 Å². The Hall–Kier alpha value is -0.570. The van der Waals surface area contributed by atoms with Crippen molar-refractivity contribution in [2.45, 2.75) is 45.6 Å². The van der Waals surface area contributed by atoms with Gasteiger partial charge in [-0.05, 0) is 50.0 Å². The Labute approximate surface area is 97.7 Å². The number of carbonyl (C=O) groups excluding carboxylic acids is 1. The van der Waals surface area contributed by atoms with Crippen LogP contribution in [0.5, 0.6) is 0 Å². The standard InChI is InChI=1S/C13H23NO2/c1-3-8(2)13(15)16-12-6-9-4-10(12)5-11(9)7-14/h8-12H,3-7,14H2,1-2H3. The van der Waals surface area contributed by atoms with E-state index in [-0.39, 0.29) is 18.0 Å². The summed E-state index contributed by atoms with van der Waals surface area (Å²) in [6.07, 6.45) is 4.49.